The van der Waals surface area contributed by atoms with Crippen LogP contribution >= 0.6 is 0 Å². The van der Waals surface area contributed by atoms with Crippen LogP contribution in [0.25, 0.3) is 0 Å². The van der Waals surface area contributed by atoms with Crippen molar-refractivity contribution in [3.63, 3.8) is 0 Å². The molecule has 0 aromatic carbocycles. The van der Waals surface area contributed by atoms with Crippen molar-refractivity contribution in [3.05, 3.63) is 0 Å². The lowest BCUT2D eigenvalue weighted by Crippen LogP contribution is -2.51. The molecule has 3 fully saturated rings. The van der Waals surface area contributed by atoms with E-state index in [9.17, 15) is 13.2 Å². The smallest absolute Gasteiger partial charge is 0.306 e. The Hall–Kier alpha value is -0.700. The number of nitrogens with zero attached hydrogens (tertiary/aromatic N) is 1. The summed E-state index contributed by atoms with van der Waals surface area (Å²) in [6.45, 7) is 1.15. The highest BCUT2D eigenvalue weighted by Gasteiger charge is 2.43. The largest absolute Gasteiger partial charge is 0.481 e. The van der Waals surface area contributed by atoms with Crippen molar-refractivity contribution in [3.8, 4) is 0 Å². The topological polar surface area (TPSA) is 95.9 Å². The minimum atomic E-state index is -3.54. The molecule has 21 heavy (non-hydrogen) atoms. The van der Waals surface area contributed by atoms with Crippen molar-refractivity contribution < 1.29 is 23.1 Å². The van der Waals surface area contributed by atoms with Crippen molar-refractivity contribution >= 4 is 16.2 Å². The van der Waals surface area contributed by atoms with Crippen molar-refractivity contribution in [2.75, 3.05) is 19.7 Å². The summed E-state index contributed by atoms with van der Waals surface area (Å²) in [5, 5.41) is 8.96. The number of aliphatic carboxylic acids is 1. The zero-order valence-corrected chi connectivity index (χ0v) is 12.7. The Balaban J connectivity index is 1.58. The second-order valence-corrected chi connectivity index (χ2v) is 7.90. The molecule has 2 atom stereocenters. The van der Waals surface area contributed by atoms with Crippen LogP contribution in [0, 0.1) is 11.8 Å². The summed E-state index contributed by atoms with van der Waals surface area (Å²) in [6.07, 6.45) is 3.72. The van der Waals surface area contributed by atoms with Crippen molar-refractivity contribution in [1.29, 1.82) is 0 Å². The molecule has 0 amide bonds. The number of piperidine rings is 1. The van der Waals surface area contributed by atoms with Crippen molar-refractivity contribution in [1.82, 2.24) is 9.03 Å². The fourth-order valence-corrected chi connectivity index (χ4v) is 4.71. The van der Waals surface area contributed by atoms with Gasteiger partial charge in [-0.2, -0.15) is 17.4 Å². The Morgan fingerprint density at radius 3 is 2.38 bits per heavy atom. The molecule has 0 spiro atoms. The molecule has 120 valence electrons. The van der Waals surface area contributed by atoms with Gasteiger partial charge in [-0.3, -0.25) is 4.79 Å². The maximum Gasteiger partial charge on any atom is 0.306 e. The fraction of sp³-hybridized carbons (Fsp3) is 0.923. The lowest BCUT2D eigenvalue weighted by molar-refractivity contribution is -0.142. The first-order valence-corrected chi connectivity index (χ1v) is 9.03. The molecule has 3 aliphatic rings. The summed E-state index contributed by atoms with van der Waals surface area (Å²) < 4.78 is 34.6. The summed E-state index contributed by atoms with van der Waals surface area (Å²) in [7, 11) is -3.54. The lowest BCUT2D eigenvalue weighted by Gasteiger charge is -2.31. The van der Waals surface area contributed by atoms with Gasteiger partial charge in [-0.05, 0) is 38.0 Å². The first kappa shape index (κ1) is 15.2. The van der Waals surface area contributed by atoms with Gasteiger partial charge in [0.25, 0.3) is 10.2 Å². The quantitative estimate of drug-likeness (QED) is 0.754. The first-order chi connectivity index (χ1) is 9.97. The molecule has 0 aromatic rings. The van der Waals surface area contributed by atoms with Gasteiger partial charge in [-0.15, -0.1) is 0 Å². The standard InChI is InChI=1S/C13H22N2O5S/c16-13(17)10-3-6-15(7-4-10)21(18,19)14-11-5-8-20-12(11)9-1-2-9/h9-12,14H,1-8H2,(H,16,17). The van der Waals surface area contributed by atoms with Crippen LogP contribution in [0.3, 0.4) is 0 Å². The number of ether oxygens (including phenoxy) is 1. The predicted molar refractivity (Wildman–Crippen MR) is 74.9 cm³/mol. The van der Waals surface area contributed by atoms with E-state index >= 15 is 0 Å². The Morgan fingerprint density at radius 1 is 1.14 bits per heavy atom. The highest BCUT2D eigenvalue weighted by Crippen LogP contribution is 2.39. The van der Waals surface area contributed by atoms with E-state index in [0.29, 0.717) is 31.8 Å². The van der Waals surface area contributed by atoms with E-state index < -0.39 is 22.1 Å². The van der Waals surface area contributed by atoms with Gasteiger partial charge in [0.2, 0.25) is 0 Å². The molecular weight excluding hydrogens is 296 g/mol. The van der Waals surface area contributed by atoms with Crippen LogP contribution in [0.4, 0.5) is 0 Å². The number of carboxylic acids is 1. The fourth-order valence-electron chi connectivity index (χ4n) is 3.24. The highest BCUT2D eigenvalue weighted by molar-refractivity contribution is 7.87. The highest BCUT2D eigenvalue weighted by atomic mass is 32.2. The summed E-state index contributed by atoms with van der Waals surface area (Å²) in [5.41, 5.74) is 0. The Kier molecular flexibility index (Phi) is 4.22. The van der Waals surface area contributed by atoms with E-state index in [1.807, 2.05) is 0 Å². The molecule has 0 aromatic heterocycles. The number of carboxylic acid groups (broad SMARTS) is 1. The minimum absolute atomic E-state index is 0.0105. The molecule has 2 unspecified atom stereocenters. The second-order valence-electron chi connectivity index (χ2n) is 6.20. The van der Waals surface area contributed by atoms with Crippen LogP contribution in [-0.4, -0.2) is 55.6 Å². The molecule has 0 radical (unpaired) electrons. The first-order valence-electron chi connectivity index (χ1n) is 7.59. The lowest BCUT2D eigenvalue weighted by atomic mass is 9.99. The minimum Gasteiger partial charge on any atom is -0.481 e. The zero-order valence-electron chi connectivity index (χ0n) is 11.9. The second kappa shape index (κ2) is 5.83. The van der Waals surface area contributed by atoms with Crippen LogP contribution in [-0.2, 0) is 19.7 Å². The molecule has 3 rings (SSSR count). The summed E-state index contributed by atoms with van der Waals surface area (Å²) >= 11 is 0. The van der Waals surface area contributed by atoms with Gasteiger partial charge < -0.3 is 9.84 Å². The maximum atomic E-state index is 12.4. The number of rotatable bonds is 5. The van der Waals surface area contributed by atoms with Gasteiger partial charge in [0.05, 0.1) is 18.1 Å². The molecular formula is C13H22N2O5S. The van der Waals surface area contributed by atoms with Gasteiger partial charge in [-0.1, -0.05) is 0 Å². The third-order valence-corrected chi connectivity index (χ3v) is 6.31. The van der Waals surface area contributed by atoms with Crippen LogP contribution in [0.2, 0.25) is 0 Å². The van der Waals surface area contributed by atoms with Gasteiger partial charge in [0.15, 0.2) is 0 Å². The molecule has 1 aliphatic carbocycles. The van der Waals surface area contributed by atoms with Crippen molar-refractivity contribution in [2.45, 2.75) is 44.2 Å². The van der Waals surface area contributed by atoms with E-state index in [0.717, 1.165) is 12.8 Å². The van der Waals surface area contributed by atoms with Crippen LogP contribution in [0.5, 0.6) is 0 Å². The van der Waals surface area contributed by atoms with Crippen LogP contribution < -0.4 is 4.72 Å². The van der Waals surface area contributed by atoms with Gasteiger partial charge in [0.1, 0.15) is 0 Å². The number of hydrogen-bond acceptors (Lipinski definition) is 4. The number of carbonyl (C=O) groups is 1. The molecule has 7 nitrogen and oxygen atoms in total. The third kappa shape index (κ3) is 3.39. The normalized spacial score (nSPS) is 32.4. The Labute approximate surface area is 124 Å². The van der Waals surface area contributed by atoms with E-state index in [1.54, 1.807) is 0 Å². The Morgan fingerprint density at radius 2 is 1.81 bits per heavy atom. The molecule has 1 saturated carbocycles. The maximum absolute atomic E-state index is 12.4. The predicted octanol–water partition coefficient (Wildman–Crippen LogP) is 0.185. The van der Waals surface area contributed by atoms with Gasteiger partial charge in [-0.25, -0.2) is 0 Å². The average molecular weight is 318 g/mol. The third-order valence-electron chi connectivity index (χ3n) is 4.67. The van der Waals surface area contributed by atoms with Gasteiger partial charge in [0, 0.05) is 19.7 Å². The van der Waals surface area contributed by atoms with E-state index in [2.05, 4.69) is 4.72 Å². The molecule has 0 bridgehead atoms. The summed E-state index contributed by atoms with van der Waals surface area (Å²) in [5.74, 6) is -0.763. The van der Waals surface area contributed by atoms with E-state index in [1.165, 1.54) is 4.31 Å². The van der Waals surface area contributed by atoms with Crippen molar-refractivity contribution in [2.24, 2.45) is 11.8 Å². The summed E-state index contributed by atoms with van der Waals surface area (Å²) in [6, 6.07) is -0.139. The van der Waals surface area contributed by atoms with E-state index in [4.69, 9.17) is 9.84 Å². The van der Waals surface area contributed by atoms with Crippen LogP contribution in [0.15, 0.2) is 0 Å². The SMILES string of the molecule is O=C(O)C1CCN(S(=O)(=O)NC2CCOC2C2CC2)CC1. The molecule has 2 heterocycles. The molecule has 8 heteroatoms. The van der Waals surface area contributed by atoms with E-state index in [-0.39, 0.29) is 25.2 Å². The number of nitrogens with one attached hydrogen (secondary N) is 1. The van der Waals surface area contributed by atoms with Gasteiger partial charge >= 0.3 is 5.97 Å². The summed E-state index contributed by atoms with van der Waals surface area (Å²) in [4.78, 5) is 10.9. The van der Waals surface area contributed by atoms with Crippen LogP contribution in [0.1, 0.15) is 32.1 Å². The molecule has 2 N–H and O–H groups in total. The molecule has 2 aliphatic heterocycles. The average Bonchev–Trinajstić information content (AvgIpc) is 3.19. The zero-order chi connectivity index (χ0) is 15.0. The monoisotopic (exact) mass is 318 g/mol. The Bertz CT molecular complexity index is 497. The molecule has 2 saturated heterocycles. The number of hydrogen-bond donors (Lipinski definition) is 2.